The molecule has 0 aliphatic carbocycles. The summed E-state index contributed by atoms with van der Waals surface area (Å²) in [6.45, 7) is 4.17. The van der Waals surface area contributed by atoms with Gasteiger partial charge in [-0.15, -0.1) is 10.2 Å². The maximum atomic E-state index is 11.7. The van der Waals surface area contributed by atoms with Gasteiger partial charge in [0.05, 0.1) is 6.04 Å². The number of nitrogens with two attached hydrogens (primary N) is 1. The zero-order chi connectivity index (χ0) is 13.5. The molecule has 0 aromatic carbocycles. The molecule has 0 fully saturated rings. The Morgan fingerprint density at radius 1 is 1.50 bits per heavy atom. The second kappa shape index (κ2) is 7.98. The Kier molecular flexibility index (Phi) is 6.98. The molecule has 0 spiro atoms. The van der Waals surface area contributed by atoms with Crippen molar-refractivity contribution in [1.29, 1.82) is 0 Å². The Balaban J connectivity index is 2.46. The molecule has 3 N–H and O–H groups in total. The van der Waals surface area contributed by atoms with Gasteiger partial charge in [-0.3, -0.25) is 10.1 Å². The fourth-order valence-corrected chi connectivity index (χ4v) is 3.55. The zero-order valence-corrected chi connectivity index (χ0v) is 13.1. The van der Waals surface area contributed by atoms with Crippen molar-refractivity contribution in [3.8, 4) is 0 Å². The molecule has 0 unspecified atom stereocenters. The fraction of sp³-hybridized carbons (Fsp3) is 0.700. The average molecular weight is 306 g/mol. The second-order valence-electron chi connectivity index (χ2n) is 3.92. The van der Waals surface area contributed by atoms with Gasteiger partial charge in [0.15, 0.2) is 4.34 Å². The summed E-state index contributed by atoms with van der Waals surface area (Å²) in [5.74, 6) is 0.681. The van der Waals surface area contributed by atoms with E-state index in [-0.39, 0.29) is 5.91 Å². The standard InChI is InChI=1S/C10H18N4OS3/c1-6(2)17-10-14-13-9(18-10)12-8(15)7(11)4-5-16-3/h6-7H,4-5,11H2,1-3H3,(H,12,13,15)/t7-/m0/s1. The molecule has 0 bridgehead atoms. The molecule has 102 valence electrons. The van der Waals surface area contributed by atoms with Crippen LogP contribution in [0, 0.1) is 0 Å². The van der Waals surface area contributed by atoms with E-state index in [0.717, 1.165) is 10.1 Å². The Morgan fingerprint density at radius 3 is 2.83 bits per heavy atom. The van der Waals surface area contributed by atoms with Crippen LogP contribution >= 0.6 is 34.9 Å². The van der Waals surface area contributed by atoms with Crippen LogP contribution in [0.3, 0.4) is 0 Å². The average Bonchev–Trinajstić information content (AvgIpc) is 2.72. The highest BCUT2D eigenvalue weighted by molar-refractivity contribution is 8.01. The van der Waals surface area contributed by atoms with Crippen LogP contribution in [0.4, 0.5) is 5.13 Å². The van der Waals surface area contributed by atoms with Crippen molar-refractivity contribution in [2.45, 2.75) is 35.9 Å². The third kappa shape index (κ3) is 5.55. The maximum Gasteiger partial charge on any atom is 0.243 e. The topological polar surface area (TPSA) is 80.9 Å². The molecule has 18 heavy (non-hydrogen) atoms. The van der Waals surface area contributed by atoms with Crippen LogP contribution in [0.15, 0.2) is 4.34 Å². The summed E-state index contributed by atoms with van der Waals surface area (Å²) in [5.41, 5.74) is 5.76. The van der Waals surface area contributed by atoms with E-state index in [1.54, 1.807) is 23.5 Å². The van der Waals surface area contributed by atoms with Crippen molar-refractivity contribution in [3.63, 3.8) is 0 Å². The van der Waals surface area contributed by atoms with E-state index in [9.17, 15) is 4.79 Å². The number of hydrogen-bond donors (Lipinski definition) is 2. The fourth-order valence-electron chi connectivity index (χ4n) is 1.08. The molecule has 1 aromatic heterocycles. The van der Waals surface area contributed by atoms with Crippen molar-refractivity contribution in [1.82, 2.24) is 10.2 Å². The number of nitrogens with zero attached hydrogens (tertiary/aromatic N) is 2. The Hall–Kier alpha value is -0.310. The van der Waals surface area contributed by atoms with Crippen LogP contribution in [0.5, 0.6) is 0 Å². The van der Waals surface area contributed by atoms with Crippen molar-refractivity contribution >= 4 is 45.9 Å². The smallest absolute Gasteiger partial charge is 0.243 e. The lowest BCUT2D eigenvalue weighted by atomic mass is 10.2. The van der Waals surface area contributed by atoms with Gasteiger partial charge in [0.25, 0.3) is 0 Å². The molecule has 1 amide bonds. The molecule has 1 heterocycles. The van der Waals surface area contributed by atoms with Gasteiger partial charge >= 0.3 is 0 Å². The molecule has 0 saturated heterocycles. The number of anilines is 1. The first-order valence-corrected chi connectivity index (χ1v) is 8.67. The Labute approximate surface area is 120 Å². The van der Waals surface area contributed by atoms with E-state index in [1.807, 2.05) is 6.26 Å². The molecule has 1 rings (SSSR count). The molecule has 8 heteroatoms. The molecular weight excluding hydrogens is 288 g/mol. The number of rotatable bonds is 7. The van der Waals surface area contributed by atoms with Crippen molar-refractivity contribution < 1.29 is 4.79 Å². The van der Waals surface area contributed by atoms with Crippen LogP contribution in [0.1, 0.15) is 20.3 Å². The Bertz CT molecular complexity index is 383. The number of amides is 1. The van der Waals surface area contributed by atoms with Crippen LogP contribution in [0.25, 0.3) is 0 Å². The van der Waals surface area contributed by atoms with Gasteiger partial charge in [-0.1, -0.05) is 36.9 Å². The monoisotopic (exact) mass is 306 g/mol. The van der Waals surface area contributed by atoms with Crippen LogP contribution < -0.4 is 11.1 Å². The largest absolute Gasteiger partial charge is 0.320 e. The summed E-state index contributed by atoms with van der Waals surface area (Å²) in [5, 5.41) is 11.6. The summed E-state index contributed by atoms with van der Waals surface area (Å²) in [6.07, 6.45) is 2.66. The first-order chi connectivity index (χ1) is 8.52. The molecule has 0 radical (unpaired) electrons. The lowest BCUT2D eigenvalue weighted by Crippen LogP contribution is -2.36. The first kappa shape index (κ1) is 15.7. The van der Waals surface area contributed by atoms with Gasteiger partial charge in [-0.25, -0.2) is 0 Å². The second-order valence-corrected chi connectivity index (χ2v) is 7.70. The van der Waals surface area contributed by atoms with Crippen LogP contribution in [-0.2, 0) is 4.79 Å². The molecule has 5 nitrogen and oxygen atoms in total. The van der Waals surface area contributed by atoms with E-state index < -0.39 is 6.04 Å². The summed E-state index contributed by atoms with van der Waals surface area (Å²) in [7, 11) is 0. The predicted molar refractivity (Wildman–Crippen MR) is 80.5 cm³/mol. The number of hydrogen-bond acceptors (Lipinski definition) is 7. The molecule has 0 aliphatic heterocycles. The van der Waals surface area contributed by atoms with E-state index in [4.69, 9.17) is 5.73 Å². The highest BCUT2D eigenvalue weighted by Gasteiger charge is 2.15. The predicted octanol–water partition coefficient (Wildman–Crippen LogP) is 2.06. The van der Waals surface area contributed by atoms with Crippen molar-refractivity contribution in [2.75, 3.05) is 17.3 Å². The number of aromatic nitrogens is 2. The maximum absolute atomic E-state index is 11.7. The minimum absolute atomic E-state index is 0.193. The molecule has 1 atom stereocenters. The SMILES string of the molecule is CSCC[C@H](N)C(=O)Nc1nnc(SC(C)C)s1. The quantitative estimate of drug-likeness (QED) is 0.593. The van der Waals surface area contributed by atoms with E-state index in [1.165, 1.54) is 11.3 Å². The van der Waals surface area contributed by atoms with E-state index in [2.05, 4.69) is 29.4 Å². The molecule has 1 aromatic rings. The van der Waals surface area contributed by atoms with Crippen molar-refractivity contribution in [3.05, 3.63) is 0 Å². The number of nitrogens with one attached hydrogen (secondary N) is 1. The number of carbonyl (C=O) groups is 1. The van der Waals surface area contributed by atoms with Gasteiger partial charge in [-0.2, -0.15) is 11.8 Å². The van der Waals surface area contributed by atoms with Gasteiger partial charge < -0.3 is 5.73 Å². The number of thioether (sulfide) groups is 2. The number of carbonyl (C=O) groups excluding carboxylic acids is 1. The van der Waals surface area contributed by atoms with E-state index in [0.29, 0.717) is 16.8 Å². The summed E-state index contributed by atoms with van der Waals surface area (Å²) < 4.78 is 0.859. The van der Waals surface area contributed by atoms with Crippen LogP contribution in [-0.4, -0.2) is 39.4 Å². The third-order valence-electron chi connectivity index (χ3n) is 1.94. The molecule has 0 saturated carbocycles. The summed E-state index contributed by atoms with van der Waals surface area (Å²) >= 11 is 4.68. The summed E-state index contributed by atoms with van der Waals surface area (Å²) in [4.78, 5) is 11.7. The molecular formula is C10H18N4OS3. The minimum atomic E-state index is -0.484. The van der Waals surface area contributed by atoms with Crippen LogP contribution in [0.2, 0.25) is 0 Å². The zero-order valence-electron chi connectivity index (χ0n) is 10.7. The van der Waals surface area contributed by atoms with Gasteiger partial charge in [0.1, 0.15) is 0 Å². The Morgan fingerprint density at radius 2 is 2.22 bits per heavy atom. The lowest BCUT2D eigenvalue weighted by Gasteiger charge is -2.08. The van der Waals surface area contributed by atoms with Gasteiger partial charge in [0.2, 0.25) is 11.0 Å². The summed E-state index contributed by atoms with van der Waals surface area (Å²) in [6, 6.07) is -0.484. The van der Waals surface area contributed by atoms with Crippen molar-refractivity contribution in [2.24, 2.45) is 5.73 Å². The van der Waals surface area contributed by atoms with Gasteiger partial charge in [0, 0.05) is 5.25 Å². The highest BCUT2D eigenvalue weighted by atomic mass is 32.2. The van der Waals surface area contributed by atoms with E-state index >= 15 is 0 Å². The lowest BCUT2D eigenvalue weighted by molar-refractivity contribution is -0.117. The normalized spacial score (nSPS) is 12.7. The van der Waals surface area contributed by atoms with Gasteiger partial charge in [-0.05, 0) is 18.4 Å². The molecule has 0 aliphatic rings. The highest BCUT2D eigenvalue weighted by Crippen LogP contribution is 2.28. The third-order valence-corrected chi connectivity index (χ3v) is 4.51. The first-order valence-electron chi connectivity index (χ1n) is 5.58. The minimum Gasteiger partial charge on any atom is -0.320 e.